The molecule has 2 aliphatic rings. The van der Waals surface area contributed by atoms with Crippen LogP contribution < -0.4 is 29.2 Å². The Morgan fingerprint density at radius 1 is 0.714 bits per heavy atom. The molecule has 326 valence electrons. The van der Waals surface area contributed by atoms with Crippen LogP contribution in [0.4, 0.5) is 14.5 Å². The number of carbonyl (C=O) groups excluding carboxylic acids is 5. The Kier molecular flexibility index (Phi) is 12.4. The van der Waals surface area contributed by atoms with Gasteiger partial charge >= 0.3 is 23.9 Å². The van der Waals surface area contributed by atoms with Crippen molar-refractivity contribution in [3.63, 3.8) is 0 Å². The van der Waals surface area contributed by atoms with Crippen LogP contribution >= 0.6 is 0 Å². The molecule has 7 rings (SSSR count). The van der Waals surface area contributed by atoms with Gasteiger partial charge in [-0.2, -0.15) is 0 Å². The van der Waals surface area contributed by atoms with Crippen molar-refractivity contribution >= 4 is 35.5 Å². The molecule has 1 amide bonds. The highest BCUT2D eigenvalue weighted by Gasteiger charge is 2.54. The average molecular weight is 865 g/mol. The monoisotopic (exact) mass is 864 g/mol. The molecule has 1 unspecified atom stereocenters. The fourth-order valence-electron chi connectivity index (χ4n) is 7.38. The zero-order chi connectivity index (χ0) is 45.2. The van der Waals surface area contributed by atoms with Crippen LogP contribution in [0.25, 0.3) is 0 Å². The maximum absolute atomic E-state index is 15.5. The van der Waals surface area contributed by atoms with E-state index < -0.39 is 52.8 Å². The minimum absolute atomic E-state index is 0.00407. The molecule has 5 aromatic carbocycles. The molecule has 1 atom stereocenters. The van der Waals surface area contributed by atoms with E-state index in [9.17, 15) is 24.0 Å². The molecule has 0 bridgehead atoms. The predicted molar refractivity (Wildman–Crippen MR) is 221 cm³/mol. The van der Waals surface area contributed by atoms with E-state index in [1.807, 2.05) is 32.0 Å². The summed E-state index contributed by atoms with van der Waals surface area (Å²) in [7, 11) is 2.45. The van der Waals surface area contributed by atoms with Crippen molar-refractivity contribution in [1.29, 1.82) is 0 Å². The number of halogens is 2. The van der Waals surface area contributed by atoms with Crippen LogP contribution in [0.5, 0.6) is 28.7 Å². The number of benzene rings is 5. The first-order valence-corrected chi connectivity index (χ1v) is 19.6. The van der Waals surface area contributed by atoms with Crippen LogP contribution in [-0.2, 0) is 40.7 Å². The van der Waals surface area contributed by atoms with Gasteiger partial charge in [0.1, 0.15) is 55.1 Å². The molecular weight excluding hydrogens is 823 g/mol. The van der Waals surface area contributed by atoms with E-state index in [4.69, 9.17) is 33.2 Å². The third kappa shape index (κ3) is 8.82. The van der Waals surface area contributed by atoms with Crippen LogP contribution in [0.1, 0.15) is 66.6 Å². The normalized spacial score (nSPS) is 14.3. The van der Waals surface area contributed by atoms with E-state index in [0.717, 1.165) is 36.2 Å². The summed E-state index contributed by atoms with van der Waals surface area (Å²) in [5.74, 6) is -4.40. The molecule has 1 spiro atoms. The van der Waals surface area contributed by atoms with Crippen molar-refractivity contribution in [3.05, 3.63) is 141 Å². The molecular formula is C47H42F2N2O12. The molecule has 0 aliphatic carbocycles. The number of anilines is 1. The van der Waals surface area contributed by atoms with Gasteiger partial charge in [0.25, 0.3) is 5.91 Å². The second-order valence-electron chi connectivity index (χ2n) is 14.9. The molecule has 2 aliphatic heterocycles. The van der Waals surface area contributed by atoms with Gasteiger partial charge in [-0.05, 0) is 91.6 Å². The zero-order valence-electron chi connectivity index (χ0n) is 35.1. The van der Waals surface area contributed by atoms with Gasteiger partial charge < -0.3 is 43.4 Å². The zero-order valence-corrected chi connectivity index (χ0v) is 35.1. The van der Waals surface area contributed by atoms with Crippen LogP contribution in [0.2, 0.25) is 0 Å². The maximum atomic E-state index is 15.5. The number of hydrogen-bond acceptors (Lipinski definition) is 13. The van der Waals surface area contributed by atoms with E-state index in [1.165, 1.54) is 50.3 Å². The Morgan fingerprint density at radius 2 is 1.38 bits per heavy atom. The Labute approximate surface area is 360 Å². The van der Waals surface area contributed by atoms with Gasteiger partial charge in [0.05, 0.1) is 36.6 Å². The van der Waals surface area contributed by atoms with Crippen molar-refractivity contribution < 1.29 is 65.9 Å². The fraction of sp³-hybridized carbons (Fsp3) is 0.255. The Balaban J connectivity index is 1.16. The molecule has 0 radical (unpaired) electrons. The number of esters is 4. The first kappa shape index (κ1) is 43.6. The highest BCUT2D eigenvalue weighted by Crippen LogP contribution is 2.57. The summed E-state index contributed by atoms with van der Waals surface area (Å²) < 4.78 is 69.7. The van der Waals surface area contributed by atoms with Crippen molar-refractivity contribution in [2.45, 2.75) is 39.8 Å². The predicted octanol–water partition coefficient (Wildman–Crippen LogP) is 6.92. The lowest BCUT2D eigenvalue weighted by Crippen LogP contribution is -2.36. The number of carbonyl (C=O) groups is 5. The Bertz CT molecular complexity index is 2670. The van der Waals surface area contributed by atoms with E-state index in [-0.39, 0.29) is 83.5 Å². The first-order valence-electron chi connectivity index (χ1n) is 19.6. The van der Waals surface area contributed by atoms with Crippen LogP contribution in [0.3, 0.4) is 0 Å². The third-order valence-electron chi connectivity index (χ3n) is 10.5. The molecule has 63 heavy (non-hydrogen) atoms. The number of rotatable bonds is 14. The van der Waals surface area contributed by atoms with E-state index in [0.29, 0.717) is 17.0 Å². The maximum Gasteiger partial charge on any atom is 0.340 e. The van der Waals surface area contributed by atoms with Crippen LogP contribution in [0, 0.1) is 32.4 Å². The number of amides is 1. The molecule has 14 nitrogen and oxygen atoms in total. The van der Waals surface area contributed by atoms with Crippen LogP contribution in [-0.4, -0.2) is 70.3 Å². The Morgan fingerprint density at radius 3 is 2.06 bits per heavy atom. The lowest BCUT2D eigenvalue weighted by Gasteiger charge is -2.36. The van der Waals surface area contributed by atoms with Crippen LogP contribution in [0.15, 0.2) is 78.9 Å². The van der Waals surface area contributed by atoms with Gasteiger partial charge in [0, 0.05) is 30.7 Å². The quantitative estimate of drug-likeness (QED) is 0.0530. The number of ether oxygens (including phenoxy) is 7. The van der Waals surface area contributed by atoms with Gasteiger partial charge in [0.15, 0.2) is 17.2 Å². The van der Waals surface area contributed by atoms with E-state index in [1.54, 1.807) is 18.2 Å². The molecule has 0 saturated heterocycles. The highest BCUT2D eigenvalue weighted by atomic mass is 19.1. The smallest absolute Gasteiger partial charge is 0.340 e. The van der Waals surface area contributed by atoms with E-state index in [2.05, 4.69) is 5.32 Å². The summed E-state index contributed by atoms with van der Waals surface area (Å²) in [5, 5.41) is 2.83. The topological polar surface area (TPSA) is 165 Å². The summed E-state index contributed by atoms with van der Waals surface area (Å²) >= 11 is 0. The SMILES string of the molecule is COC(=O)CN(CC(=O)OC)c1ccc(CNC(=O)c2ccc3c(c2)C(=O)OC32c3cc(F)c(C)cc3Oc3cc(OC(C)=O)c(F)cc32)cc1OCCOc1cc(C)ccc1C. The van der Waals surface area contributed by atoms with Gasteiger partial charge in [-0.3, -0.25) is 19.2 Å². The average Bonchev–Trinajstić information content (AvgIpc) is 3.54. The largest absolute Gasteiger partial charge is 0.490 e. The molecule has 0 aromatic heterocycles. The molecule has 2 heterocycles. The van der Waals surface area contributed by atoms with Gasteiger partial charge in [-0.15, -0.1) is 0 Å². The minimum Gasteiger partial charge on any atom is -0.490 e. The lowest BCUT2D eigenvalue weighted by molar-refractivity contribution is -0.140. The summed E-state index contributed by atoms with van der Waals surface area (Å²) in [6.45, 7) is 6.09. The van der Waals surface area contributed by atoms with Crippen molar-refractivity contribution in [2.24, 2.45) is 0 Å². The number of methoxy groups -OCH3 is 2. The first-order chi connectivity index (χ1) is 30.1. The van der Waals surface area contributed by atoms with Gasteiger partial charge in [-0.1, -0.05) is 24.3 Å². The van der Waals surface area contributed by atoms with Gasteiger partial charge in [0.2, 0.25) is 0 Å². The highest BCUT2D eigenvalue weighted by molar-refractivity contribution is 6.01. The number of aryl methyl sites for hydroxylation is 3. The molecule has 16 heteroatoms. The molecule has 0 saturated carbocycles. The van der Waals surface area contributed by atoms with Gasteiger partial charge in [-0.25, -0.2) is 13.6 Å². The number of fused-ring (bicyclic) bond motifs is 6. The molecule has 0 fully saturated rings. The molecule has 1 N–H and O–H groups in total. The molecule has 5 aromatic rings. The van der Waals surface area contributed by atoms with Crippen molar-refractivity contribution in [1.82, 2.24) is 5.32 Å². The van der Waals surface area contributed by atoms with Crippen molar-refractivity contribution in [3.8, 4) is 28.7 Å². The summed E-state index contributed by atoms with van der Waals surface area (Å²) in [4.78, 5) is 65.4. The fourth-order valence-corrected chi connectivity index (χ4v) is 7.38. The summed E-state index contributed by atoms with van der Waals surface area (Å²) in [5.41, 5.74) is 1.54. The minimum atomic E-state index is -1.90. The standard InChI is InChI=1S/C47H42F2N2O12/c1-25-7-8-26(2)38(15-25)59-13-14-60-42-17-29(9-12-37(42)51(23-43(53)57-5)24-44(54)58-6)22-50-45(55)30-10-11-32-31(18-30)46(56)63-47(32)33-19-35(48)27(3)16-39(33)62-40-21-41(61-28(4)52)36(49)20-34(40)47/h7-12,15-21H,13-14,22-24H2,1-6H3,(H,50,55). The Hall–Kier alpha value is -7.49. The van der Waals surface area contributed by atoms with Crippen molar-refractivity contribution in [2.75, 3.05) is 45.4 Å². The number of nitrogens with one attached hydrogen (secondary N) is 1. The number of nitrogens with zero attached hydrogens (tertiary/aromatic N) is 1. The second kappa shape index (κ2) is 17.8. The second-order valence-corrected chi connectivity index (χ2v) is 14.9. The summed E-state index contributed by atoms with van der Waals surface area (Å²) in [6.07, 6.45) is 0. The lowest BCUT2D eigenvalue weighted by atomic mass is 9.77. The summed E-state index contributed by atoms with van der Waals surface area (Å²) in [6, 6.07) is 19.8. The van der Waals surface area contributed by atoms with E-state index >= 15 is 8.78 Å². The number of hydrogen-bond donors (Lipinski definition) is 1. The third-order valence-corrected chi connectivity index (χ3v) is 10.5.